The van der Waals surface area contributed by atoms with Crippen LogP contribution in [0, 0.1) is 0 Å². The number of amides is 1. The molecule has 0 spiro atoms. The largest absolute Gasteiger partial charge is 0.481 e. The quantitative estimate of drug-likeness (QED) is 0.0603. The molecule has 0 unspecified atom stereocenters. The van der Waals surface area contributed by atoms with E-state index in [2.05, 4.69) is 56.1 Å². The number of hydrogen-bond donors (Lipinski definition) is 5. The lowest BCUT2D eigenvalue weighted by Gasteiger charge is -2.08. The zero-order valence-corrected chi connectivity index (χ0v) is 40.9. The van der Waals surface area contributed by atoms with Gasteiger partial charge < -0.3 is 26.8 Å². The van der Waals surface area contributed by atoms with Crippen molar-refractivity contribution >= 4 is 116 Å². The number of nitrogens with one attached hydrogen (secondary N) is 3. The molecule has 8 aromatic rings. The van der Waals surface area contributed by atoms with Crippen LogP contribution in [-0.2, 0) is 60.7 Å². The number of thiazole rings is 2. The Morgan fingerprint density at radius 1 is 0.657 bits per heavy atom. The van der Waals surface area contributed by atoms with Gasteiger partial charge in [-0.25, -0.2) is 29.9 Å². The predicted molar refractivity (Wildman–Crippen MR) is 263 cm³/mol. The molecule has 0 radical (unpaired) electrons. The van der Waals surface area contributed by atoms with E-state index in [1.165, 1.54) is 53.3 Å². The summed E-state index contributed by atoms with van der Waals surface area (Å²) in [4.78, 5) is 49.9. The van der Waals surface area contributed by atoms with Gasteiger partial charge in [-0.1, -0.05) is 36.4 Å². The third-order valence-electron chi connectivity index (χ3n) is 9.38. The number of alkyl halides is 6. The van der Waals surface area contributed by atoms with Crippen LogP contribution in [0.5, 0.6) is 0 Å². The van der Waals surface area contributed by atoms with Crippen molar-refractivity contribution < 1.29 is 41.0 Å². The van der Waals surface area contributed by atoms with E-state index in [0.717, 1.165) is 81.4 Å². The molecule has 28 heteroatoms. The first-order valence-corrected chi connectivity index (χ1v) is 21.9. The van der Waals surface area contributed by atoms with Crippen LogP contribution in [0.3, 0.4) is 0 Å². The first-order valence-electron chi connectivity index (χ1n) is 20.3. The minimum absolute atomic E-state index is 0. The maximum Gasteiger partial charge on any atom is 0.416 e. The monoisotopic (exact) mass is 1080 g/mol. The molecule has 6 N–H and O–H groups in total. The van der Waals surface area contributed by atoms with Crippen molar-refractivity contribution in [1.82, 2.24) is 49.5 Å². The van der Waals surface area contributed by atoms with E-state index in [0.29, 0.717) is 35.6 Å². The van der Waals surface area contributed by atoms with Crippen molar-refractivity contribution in [2.75, 3.05) is 34.8 Å². The van der Waals surface area contributed by atoms with Crippen LogP contribution in [0.1, 0.15) is 45.9 Å². The van der Waals surface area contributed by atoms with E-state index in [1.807, 2.05) is 29.4 Å². The number of carbonyl (C=O) groups is 2. The van der Waals surface area contributed by atoms with Gasteiger partial charge >= 0.3 is 18.3 Å². The molecule has 0 atom stereocenters. The lowest BCUT2D eigenvalue weighted by Crippen LogP contribution is -2.15. The van der Waals surface area contributed by atoms with Gasteiger partial charge in [0.25, 0.3) is 0 Å². The second-order valence-corrected chi connectivity index (χ2v) is 16.4. The molecular weight excluding hydrogens is 1030 g/mol. The zero-order chi connectivity index (χ0) is 48.1. The fourth-order valence-corrected chi connectivity index (χ4v) is 7.86. The second kappa shape index (κ2) is 26.5. The van der Waals surface area contributed by atoms with E-state index in [-0.39, 0.29) is 54.8 Å². The van der Waals surface area contributed by atoms with Gasteiger partial charge in [-0.05, 0) is 37.1 Å². The Morgan fingerprint density at radius 2 is 1.13 bits per heavy atom. The Hall–Kier alpha value is -6.41. The van der Waals surface area contributed by atoms with Gasteiger partial charge in [0.15, 0.2) is 21.9 Å². The van der Waals surface area contributed by atoms with Crippen LogP contribution in [0.15, 0.2) is 86.0 Å². The molecule has 0 fully saturated rings. The molecule has 70 heavy (non-hydrogen) atoms. The molecule has 17 nitrogen and oxygen atoms in total. The SMILES string of the molecule is CCn1ncc2ncnc(NCCc3cnc(N)s3)c21.CCn1ncc2ncnc(NCCc3cnc(NC(=O)Cc4cccc(C(F)(F)F)c4)s3)c21.Cl.Cl.Cl.O=C(O)Cc1cccc(C(F)(F)F)c1. The van der Waals surface area contributed by atoms with Crippen LogP contribution in [0.25, 0.3) is 22.1 Å². The number of hydrogen-bond acceptors (Lipinski definition) is 15. The average Bonchev–Trinajstić information content (AvgIpc) is 4.11. The van der Waals surface area contributed by atoms with Crippen LogP contribution in [0.4, 0.5) is 48.2 Å². The second-order valence-electron chi connectivity index (χ2n) is 14.2. The standard InChI is InChI=1S/C21H20F3N7OS.C12H15N7S.C9H7F3O2.3ClH/c1-2-31-18-16(11-29-31)27-12-28-19(18)25-7-6-15-10-26-20(33-15)30-17(32)9-13-4-3-5-14(8-13)21(22,23)24;1-2-19-10-9(6-18-19)16-7-17-11(10)14-4-3-8-5-15-12(13)20-8;10-9(11,12)7-3-1-2-6(4-7)5-8(13)14;;;/h3-5,8,10-12H,2,6-7,9H2,1H3,(H,25,27,28)(H,26,30,32);5-7H,2-4H2,1H3,(H2,13,15)(H,14,16,17);1-4H,5H2,(H,13,14);3*1H. The first kappa shape index (κ1) is 57.9. The van der Waals surface area contributed by atoms with Crippen LogP contribution >= 0.6 is 59.9 Å². The summed E-state index contributed by atoms with van der Waals surface area (Å²) >= 11 is 2.83. The minimum Gasteiger partial charge on any atom is -0.481 e. The molecule has 0 aliphatic carbocycles. The number of nitrogens with two attached hydrogens (primary N) is 1. The molecule has 0 saturated heterocycles. The summed E-state index contributed by atoms with van der Waals surface area (Å²) in [7, 11) is 0. The number of rotatable bonds is 15. The Kier molecular flexibility index (Phi) is 22.0. The molecule has 6 aromatic heterocycles. The van der Waals surface area contributed by atoms with Gasteiger partial charge in [0.05, 0.1) is 36.4 Å². The smallest absolute Gasteiger partial charge is 0.416 e. The molecule has 0 bridgehead atoms. The van der Waals surface area contributed by atoms with Gasteiger partial charge in [-0.2, -0.15) is 36.5 Å². The molecule has 0 aliphatic rings. The Morgan fingerprint density at radius 3 is 1.57 bits per heavy atom. The summed E-state index contributed by atoms with van der Waals surface area (Å²) in [5.74, 6) is -0.0702. The average molecular weight is 1080 g/mol. The topological polar surface area (TPSA) is 229 Å². The van der Waals surface area contributed by atoms with Crippen molar-refractivity contribution in [1.29, 1.82) is 0 Å². The molecule has 0 aliphatic heterocycles. The molecule has 1 amide bonds. The lowest BCUT2D eigenvalue weighted by atomic mass is 10.1. The summed E-state index contributed by atoms with van der Waals surface area (Å²) in [5, 5.41) is 27.2. The van der Waals surface area contributed by atoms with Crippen molar-refractivity contribution in [3.8, 4) is 0 Å². The van der Waals surface area contributed by atoms with Gasteiger partial charge in [0, 0.05) is 61.2 Å². The Labute approximate surface area is 422 Å². The van der Waals surface area contributed by atoms with Crippen LogP contribution in [0.2, 0.25) is 0 Å². The number of nitrogens with zero attached hydrogens (tertiary/aromatic N) is 10. The maximum absolute atomic E-state index is 12.8. The summed E-state index contributed by atoms with van der Waals surface area (Å²) in [6.45, 7) is 6.87. The third kappa shape index (κ3) is 16.4. The molecule has 8 rings (SSSR count). The van der Waals surface area contributed by atoms with Crippen LogP contribution in [-0.4, -0.2) is 79.5 Å². The number of aromatic nitrogens is 10. The van der Waals surface area contributed by atoms with Crippen LogP contribution < -0.4 is 21.7 Å². The highest BCUT2D eigenvalue weighted by Gasteiger charge is 2.31. The van der Waals surface area contributed by atoms with Crippen molar-refractivity contribution in [2.24, 2.45) is 0 Å². The maximum atomic E-state index is 12.8. The van der Waals surface area contributed by atoms with Gasteiger partial charge in [-0.3, -0.25) is 19.0 Å². The van der Waals surface area contributed by atoms with Gasteiger partial charge in [0.1, 0.15) is 34.7 Å². The predicted octanol–water partition coefficient (Wildman–Crippen LogP) is 9.29. The normalized spacial score (nSPS) is 10.9. The highest BCUT2D eigenvalue weighted by molar-refractivity contribution is 7.15. The van der Waals surface area contributed by atoms with E-state index >= 15 is 0 Å². The van der Waals surface area contributed by atoms with E-state index in [1.54, 1.807) is 24.9 Å². The number of nitrogen functional groups attached to an aromatic ring is 1. The number of carboxylic acids is 1. The molecule has 376 valence electrons. The lowest BCUT2D eigenvalue weighted by molar-refractivity contribution is -0.138. The summed E-state index contributed by atoms with van der Waals surface area (Å²) in [5.41, 5.74) is 7.84. The number of carboxylic acid groups (broad SMARTS) is 1. The van der Waals surface area contributed by atoms with Crippen molar-refractivity contribution in [2.45, 2.75) is 65.0 Å². The van der Waals surface area contributed by atoms with E-state index in [4.69, 9.17) is 10.8 Å². The third-order valence-corrected chi connectivity index (χ3v) is 11.2. The number of benzene rings is 2. The molecule has 0 saturated carbocycles. The fourth-order valence-electron chi connectivity index (χ4n) is 6.35. The Bertz CT molecular complexity index is 2930. The summed E-state index contributed by atoms with van der Waals surface area (Å²) in [6.07, 6.45) is 2.04. The number of aliphatic carboxylic acids is 1. The van der Waals surface area contributed by atoms with Crippen molar-refractivity contribution in [3.63, 3.8) is 0 Å². The fraction of sp³-hybridized carbons (Fsp3) is 0.286. The molecule has 2 aromatic carbocycles. The van der Waals surface area contributed by atoms with Crippen molar-refractivity contribution in [3.05, 3.63) is 118 Å². The van der Waals surface area contributed by atoms with E-state index in [9.17, 15) is 35.9 Å². The first-order chi connectivity index (χ1) is 32.0. The minimum atomic E-state index is -4.45. The number of aryl methyl sites for hydroxylation is 2. The summed E-state index contributed by atoms with van der Waals surface area (Å²) < 4.78 is 78.7. The molecule has 6 heterocycles. The highest BCUT2D eigenvalue weighted by Crippen LogP contribution is 2.31. The van der Waals surface area contributed by atoms with Gasteiger partial charge in [-0.15, -0.1) is 59.9 Å². The number of fused-ring (bicyclic) bond motifs is 2. The molecular formula is C42H45Cl3F6N14O3S2. The number of carbonyl (C=O) groups excluding carboxylic acids is 1. The highest BCUT2D eigenvalue weighted by atomic mass is 35.5. The number of anilines is 4. The Balaban J connectivity index is 0.000000299. The van der Waals surface area contributed by atoms with Gasteiger partial charge in [0.2, 0.25) is 5.91 Å². The number of halogens is 9. The summed E-state index contributed by atoms with van der Waals surface area (Å²) in [6, 6.07) is 9.03. The zero-order valence-electron chi connectivity index (χ0n) is 36.9. The van der Waals surface area contributed by atoms with E-state index < -0.39 is 41.8 Å².